The number of aliphatic hydroxyl groups excluding tert-OH is 3. The molecule has 0 bridgehead atoms. The summed E-state index contributed by atoms with van der Waals surface area (Å²) < 4.78 is 21.4. The van der Waals surface area contributed by atoms with Crippen LogP contribution in [0.15, 0.2) is 24.7 Å². The number of hydrogen-bond donors (Lipinski definition) is 4. The van der Waals surface area contributed by atoms with Crippen molar-refractivity contribution < 1.29 is 33.8 Å². The fourth-order valence-corrected chi connectivity index (χ4v) is 4.66. The first-order chi connectivity index (χ1) is 18.6. The number of rotatable bonds is 25. The van der Waals surface area contributed by atoms with Crippen LogP contribution in [0, 0.1) is 0 Å². The summed E-state index contributed by atoms with van der Waals surface area (Å²) in [5.74, 6) is 0. The van der Waals surface area contributed by atoms with Gasteiger partial charge in [-0.2, -0.15) is 0 Å². The Morgan fingerprint density at radius 2 is 0.872 bits per heavy atom. The first kappa shape index (κ1) is 40.2. The van der Waals surface area contributed by atoms with Crippen LogP contribution >= 0.6 is 7.82 Å². The highest BCUT2D eigenvalue weighted by atomic mass is 31.2. The predicted octanol–water partition coefficient (Wildman–Crippen LogP) is 8.51. The lowest BCUT2D eigenvalue weighted by molar-refractivity contribution is -0.159. The van der Waals surface area contributed by atoms with Gasteiger partial charge >= 0.3 is 7.82 Å². The molecular formula is C30H62NO7P. The molecule has 9 heteroatoms. The third-order valence-corrected chi connectivity index (χ3v) is 7.10. The van der Waals surface area contributed by atoms with Gasteiger partial charge in [0.15, 0.2) is 0 Å². The molecule has 0 aliphatic rings. The van der Waals surface area contributed by atoms with Crippen molar-refractivity contribution in [3.05, 3.63) is 24.7 Å². The molecule has 0 radical (unpaired) electrons. The Labute approximate surface area is 240 Å². The number of unbranched alkanes of at least 4 members (excludes halogenated alkanes) is 16. The highest BCUT2D eigenvalue weighted by molar-refractivity contribution is 7.47. The van der Waals surface area contributed by atoms with E-state index < -0.39 is 26.5 Å². The van der Waals surface area contributed by atoms with E-state index in [1.807, 2.05) is 0 Å². The van der Waals surface area contributed by atoms with Gasteiger partial charge in [0, 0.05) is 0 Å². The monoisotopic (exact) mass is 579 g/mol. The van der Waals surface area contributed by atoms with E-state index in [4.69, 9.17) is 24.4 Å². The summed E-state index contributed by atoms with van der Waals surface area (Å²) in [6, 6.07) is 0. The highest BCUT2D eigenvalue weighted by Crippen LogP contribution is 2.43. The average molecular weight is 580 g/mol. The van der Waals surface area contributed by atoms with E-state index >= 15 is 0 Å². The fraction of sp³-hybridized carbons (Fsp3) is 0.867. The summed E-state index contributed by atoms with van der Waals surface area (Å²) in [5.41, 5.74) is 0. The van der Waals surface area contributed by atoms with Gasteiger partial charge in [-0.1, -0.05) is 104 Å². The van der Waals surface area contributed by atoms with Crippen LogP contribution in [-0.4, -0.2) is 43.8 Å². The molecular weight excluding hydrogens is 517 g/mol. The zero-order chi connectivity index (χ0) is 29.8. The van der Waals surface area contributed by atoms with E-state index in [1.54, 1.807) is 12.2 Å². The lowest BCUT2D eigenvalue weighted by atomic mass is 10.1. The predicted molar refractivity (Wildman–Crippen MR) is 162 cm³/mol. The van der Waals surface area contributed by atoms with E-state index in [-0.39, 0.29) is 0 Å². The molecule has 0 aliphatic heterocycles. The van der Waals surface area contributed by atoms with Crippen LogP contribution < -0.4 is 0 Å². The normalized spacial score (nSPS) is 15.6. The van der Waals surface area contributed by atoms with Crippen molar-refractivity contribution in [1.29, 1.82) is 0 Å². The topological polar surface area (TPSA) is 120 Å². The van der Waals surface area contributed by atoms with E-state index in [0.717, 1.165) is 25.7 Å². The van der Waals surface area contributed by atoms with Gasteiger partial charge in [-0.05, 0) is 58.6 Å². The molecule has 3 atom stereocenters. The molecule has 8 nitrogen and oxygen atoms in total. The Morgan fingerprint density at radius 3 is 1.13 bits per heavy atom. The van der Waals surface area contributed by atoms with E-state index in [2.05, 4.69) is 13.8 Å². The Hall–Kier alpha value is -0.890. The summed E-state index contributed by atoms with van der Waals surface area (Å²) in [6.45, 7) is 8.93. The summed E-state index contributed by atoms with van der Waals surface area (Å²) in [4.78, 5) is 10.8. The molecule has 0 fully saturated rings. The molecule has 0 aromatic heterocycles. The standard InChI is InChI=1S/C24H47O4P.C6H15NO3/c1-3-5-7-9-11-13-15-17-19-21-23-27-29(25,26)28-24-22-20-18-16-14-12-10-8-6-4-2;1-4(8)7(5(2)9)6(3)10/h21-24H,3-20H2,1-2H3,(H,25,26);4-6,8-10H,1-3H3. The maximum Gasteiger partial charge on any atom is 0.583 e. The molecule has 234 valence electrons. The molecule has 0 saturated carbocycles. The van der Waals surface area contributed by atoms with Crippen molar-refractivity contribution in [3.63, 3.8) is 0 Å². The van der Waals surface area contributed by atoms with Gasteiger partial charge < -0.3 is 24.4 Å². The second-order valence-electron chi connectivity index (χ2n) is 10.3. The third kappa shape index (κ3) is 29.9. The molecule has 0 aromatic carbocycles. The summed E-state index contributed by atoms with van der Waals surface area (Å²) in [7, 11) is -4.02. The Morgan fingerprint density at radius 1 is 0.590 bits per heavy atom. The molecule has 0 aliphatic carbocycles. The second-order valence-corrected chi connectivity index (χ2v) is 11.7. The molecule has 0 saturated heterocycles. The molecule has 0 aromatic rings. The van der Waals surface area contributed by atoms with Gasteiger partial charge in [-0.25, -0.2) is 9.46 Å². The second kappa shape index (κ2) is 28.6. The third-order valence-electron chi connectivity index (χ3n) is 6.32. The highest BCUT2D eigenvalue weighted by Gasteiger charge is 2.20. The van der Waals surface area contributed by atoms with Crippen molar-refractivity contribution in [3.8, 4) is 0 Å². The smallest absolute Gasteiger partial charge is 0.404 e. The largest absolute Gasteiger partial charge is 0.583 e. The minimum atomic E-state index is -4.02. The van der Waals surface area contributed by atoms with Crippen LogP contribution in [0.5, 0.6) is 0 Å². The quantitative estimate of drug-likeness (QED) is 0.0368. The first-order valence-corrected chi connectivity index (χ1v) is 16.9. The fourth-order valence-electron chi connectivity index (χ4n) is 4.13. The van der Waals surface area contributed by atoms with E-state index in [0.29, 0.717) is 0 Å². The van der Waals surface area contributed by atoms with Crippen molar-refractivity contribution in [2.45, 2.75) is 169 Å². The van der Waals surface area contributed by atoms with Gasteiger partial charge in [-0.15, -0.1) is 0 Å². The van der Waals surface area contributed by atoms with Gasteiger partial charge in [0.25, 0.3) is 0 Å². The Kier molecular flexibility index (Phi) is 29.5. The molecule has 4 N–H and O–H groups in total. The first-order valence-electron chi connectivity index (χ1n) is 15.4. The minimum Gasteiger partial charge on any atom is -0.404 e. The van der Waals surface area contributed by atoms with Crippen LogP contribution in [0.1, 0.15) is 150 Å². The molecule has 0 spiro atoms. The van der Waals surface area contributed by atoms with Crippen LogP contribution in [0.2, 0.25) is 0 Å². The lowest BCUT2D eigenvalue weighted by Crippen LogP contribution is -2.45. The Balaban J connectivity index is 0. The number of allylic oxidation sites excluding steroid dienone is 2. The van der Waals surface area contributed by atoms with Crippen LogP contribution in [0.4, 0.5) is 0 Å². The molecule has 0 heterocycles. The van der Waals surface area contributed by atoms with Crippen LogP contribution in [0.25, 0.3) is 0 Å². The van der Waals surface area contributed by atoms with E-state index in [9.17, 15) is 9.46 Å². The number of phosphoric acid groups is 1. The maximum absolute atomic E-state index is 11.7. The van der Waals surface area contributed by atoms with E-state index in [1.165, 1.54) is 128 Å². The Bertz CT molecular complexity index is 557. The summed E-state index contributed by atoms with van der Waals surface area (Å²) >= 11 is 0. The molecule has 0 rings (SSSR count). The van der Waals surface area contributed by atoms with Gasteiger partial charge in [0.1, 0.15) is 18.7 Å². The summed E-state index contributed by atoms with van der Waals surface area (Å²) in [6.07, 6.45) is 25.8. The zero-order valence-corrected chi connectivity index (χ0v) is 26.6. The lowest BCUT2D eigenvalue weighted by Gasteiger charge is -2.30. The number of aliphatic hydroxyl groups is 3. The van der Waals surface area contributed by atoms with Crippen molar-refractivity contribution in [2.24, 2.45) is 0 Å². The minimum absolute atomic E-state index is 0.833. The number of phosphoric ester groups is 1. The maximum atomic E-state index is 11.7. The van der Waals surface area contributed by atoms with Crippen LogP contribution in [0.3, 0.4) is 0 Å². The van der Waals surface area contributed by atoms with Gasteiger partial charge in [0.2, 0.25) is 0 Å². The number of nitrogens with zero attached hydrogens (tertiary/aromatic N) is 1. The van der Waals surface area contributed by atoms with Gasteiger partial charge in [0.05, 0.1) is 12.5 Å². The van der Waals surface area contributed by atoms with Crippen molar-refractivity contribution in [1.82, 2.24) is 4.90 Å². The number of hydrogen-bond acceptors (Lipinski definition) is 7. The SMILES string of the molecule is CC(O)N(C(C)O)C(C)O.CCCCCCCCCCC=COP(=O)(O)OC=CCCCCCCCCCC. The van der Waals surface area contributed by atoms with Crippen molar-refractivity contribution in [2.75, 3.05) is 0 Å². The molecule has 3 unspecified atom stereocenters. The van der Waals surface area contributed by atoms with Crippen molar-refractivity contribution >= 4 is 7.82 Å². The summed E-state index contributed by atoms with van der Waals surface area (Å²) in [5, 5.41) is 26.9. The van der Waals surface area contributed by atoms with Crippen LogP contribution in [-0.2, 0) is 13.6 Å². The molecule has 0 amide bonds. The van der Waals surface area contributed by atoms with Gasteiger partial charge in [-0.3, -0.25) is 4.89 Å². The average Bonchev–Trinajstić information content (AvgIpc) is 2.85. The zero-order valence-electron chi connectivity index (χ0n) is 25.7. The molecule has 39 heavy (non-hydrogen) atoms.